The van der Waals surface area contributed by atoms with E-state index in [9.17, 15) is 14.4 Å². The lowest BCUT2D eigenvalue weighted by Gasteiger charge is -2.36. The molecule has 0 spiro atoms. The Labute approximate surface area is 244 Å². The van der Waals surface area contributed by atoms with Crippen LogP contribution in [0.15, 0.2) is 18.2 Å². The second-order valence-electron chi connectivity index (χ2n) is 12.4. The fraction of sp³-hybridized carbons (Fsp3) is 0.727. The normalized spacial score (nSPS) is 13.1. The van der Waals surface area contributed by atoms with E-state index >= 15 is 0 Å². The van der Waals surface area contributed by atoms with E-state index in [1.807, 2.05) is 45.9 Å². The van der Waals surface area contributed by atoms with E-state index in [-0.39, 0.29) is 17.7 Å². The Hall–Kier alpha value is -2.57. The molecule has 2 atom stereocenters. The molecule has 1 aromatic carbocycles. The molecule has 0 saturated heterocycles. The molecule has 0 bridgehead atoms. The van der Waals surface area contributed by atoms with Gasteiger partial charge in [-0.15, -0.1) is 0 Å². The maximum atomic E-state index is 14.3. The zero-order valence-electron chi connectivity index (χ0n) is 26.8. The quantitative estimate of drug-likeness (QED) is 0.195. The van der Waals surface area contributed by atoms with E-state index in [1.54, 1.807) is 25.7 Å². The average Bonchev–Trinajstić information content (AvgIpc) is 2.86. The highest BCUT2D eigenvalue weighted by Gasteiger charge is 2.38. The monoisotopic (exact) mass is 559 g/mol. The van der Waals surface area contributed by atoms with Gasteiger partial charge in [0.2, 0.25) is 11.8 Å². The van der Waals surface area contributed by atoms with Crippen LogP contribution in [0.3, 0.4) is 0 Å². The van der Waals surface area contributed by atoms with Crippen molar-refractivity contribution in [1.29, 1.82) is 0 Å². The molecule has 0 aliphatic carbocycles. The summed E-state index contributed by atoms with van der Waals surface area (Å²) in [4.78, 5) is 42.7. The van der Waals surface area contributed by atoms with E-state index in [2.05, 4.69) is 24.5 Å². The van der Waals surface area contributed by atoms with Gasteiger partial charge in [-0.1, -0.05) is 90.8 Å². The summed E-state index contributed by atoms with van der Waals surface area (Å²) in [6, 6.07) is 4.35. The molecule has 0 radical (unpaired) electrons. The number of ether oxygens (including phenoxy) is 1. The van der Waals surface area contributed by atoms with Crippen LogP contribution in [0.2, 0.25) is 0 Å². The SMILES string of the molecule is CCCCCCCCN(C(=O)C(NC(=O)OC(C)(C)C)C(C)C)C(C(=O)NCCCCC)c1c(C)cccc1C. The minimum absolute atomic E-state index is 0.174. The number of amides is 3. The first-order chi connectivity index (χ1) is 18.8. The van der Waals surface area contributed by atoms with Crippen LogP contribution in [0.1, 0.15) is 129 Å². The molecule has 1 aromatic rings. The molecular formula is C33H57N3O4. The highest BCUT2D eigenvalue weighted by atomic mass is 16.6. The smallest absolute Gasteiger partial charge is 0.408 e. The van der Waals surface area contributed by atoms with Crippen LogP contribution >= 0.6 is 0 Å². The van der Waals surface area contributed by atoms with Gasteiger partial charge in [-0.3, -0.25) is 9.59 Å². The molecule has 7 nitrogen and oxygen atoms in total. The molecule has 0 heterocycles. The summed E-state index contributed by atoms with van der Waals surface area (Å²) in [6.07, 6.45) is 8.75. The Bertz CT molecular complexity index is 903. The van der Waals surface area contributed by atoms with Crippen LogP contribution < -0.4 is 10.6 Å². The Balaban J connectivity index is 3.47. The molecular weight excluding hydrogens is 502 g/mol. The fourth-order valence-electron chi connectivity index (χ4n) is 4.93. The number of carbonyl (C=O) groups is 3. The standard InChI is InChI=1S/C33H57N3O4/c1-10-12-14-15-16-18-23-36(31(38)28(24(3)4)35-32(39)40-33(7,8)9)29(30(37)34-22-17-13-11-2)27-25(5)20-19-21-26(27)6/h19-21,24,28-29H,10-18,22-23H2,1-9H3,(H,34,37)(H,35,39). The summed E-state index contributed by atoms with van der Waals surface area (Å²) < 4.78 is 5.49. The molecule has 0 fully saturated rings. The van der Waals surface area contributed by atoms with Gasteiger partial charge in [-0.2, -0.15) is 0 Å². The number of nitrogens with zero attached hydrogens (tertiary/aromatic N) is 1. The second-order valence-corrected chi connectivity index (χ2v) is 12.4. The lowest BCUT2D eigenvalue weighted by molar-refractivity contribution is -0.143. The number of alkyl carbamates (subject to hydrolysis) is 1. The zero-order valence-corrected chi connectivity index (χ0v) is 26.8. The van der Waals surface area contributed by atoms with Crippen molar-refractivity contribution in [2.75, 3.05) is 13.1 Å². The molecule has 0 aliphatic rings. The maximum absolute atomic E-state index is 14.3. The minimum atomic E-state index is -0.824. The predicted octanol–water partition coefficient (Wildman–Crippen LogP) is 7.39. The molecule has 228 valence electrons. The average molecular weight is 560 g/mol. The summed E-state index contributed by atoms with van der Waals surface area (Å²) >= 11 is 0. The number of aryl methyl sites for hydroxylation is 2. The van der Waals surface area contributed by atoms with E-state index in [4.69, 9.17) is 4.74 Å². The summed E-state index contributed by atoms with van der Waals surface area (Å²) in [6.45, 7) is 18.5. The van der Waals surface area contributed by atoms with E-state index in [0.717, 1.165) is 61.6 Å². The first-order valence-electron chi connectivity index (χ1n) is 15.5. The van der Waals surface area contributed by atoms with Crippen LogP contribution in [0.5, 0.6) is 0 Å². The summed E-state index contributed by atoms with van der Waals surface area (Å²) in [7, 11) is 0. The van der Waals surface area contributed by atoms with Gasteiger partial charge in [-0.05, 0) is 70.1 Å². The van der Waals surface area contributed by atoms with Crippen molar-refractivity contribution in [3.63, 3.8) is 0 Å². The van der Waals surface area contributed by atoms with Crippen molar-refractivity contribution in [3.05, 3.63) is 34.9 Å². The Morgan fingerprint density at radius 3 is 1.98 bits per heavy atom. The van der Waals surface area contributed by atoms with Gasteiger partial charge >= 0.3 is 6.09 Å². The first-order valence-corrected chi connectivity index (χ1v) is 15.5. The van der Waals surface area contributed by atoms with Crippen LogP contribution in [-0.4, -0.2) is 47.5 Å². The summed E-state index contributed by atoms with van der Waals surface area (Å²) in [5.74, 6) is -0.628. The van der Waals surface area contributed by atoms with Crippen molar-refractivity contribution in [2.24, 2.45) is 5.92 Å². The first kappa shape index (κ1) is 35.5. The highest BCUT2D eigenvalue weighted by molar-refractivity contribution is 5.92. The number of nitrogens with one attached hydrogen (secondary N) is 2. The Kier molecular flexibility index (Phi) is 15.9. The van der Waals surface area contributed by atoms with Crippen LogP contribution in [0, 0.1) is 19.8 Å². The van der Waals surface area contributed by atoms with Gasteiger partial charge < -0.3 is 20.3 Å². The molecule has 7 heteroatoms. The molecule has 2 N–H and O–H groups in total. The minimum Gasteiger partial charge on any atom is -0.444 e. The molecule has 2 unspecified atom stereocenters. The molecule has 0 saturated carbocycles. The van der Waals surface area contributed by atoms with Gasteiger partial charge in [0.15, 0.2) is 0 Å². The third kappa shape index (κ3) is 12.3. The van der Waals surface area contributed by atoms with Gasteiger partial charge in [0.25, 0.3) is 0 Å². The molecule has 1 rings (SSSR count). The van der Waals surface area contributed by atoms with Crippen LogP contribution in [0.25, 0.3) is 0 Å². The van der Waals surface area contributed by atoms with E-state index in [0.29, 0.717) is 13.1 Å². The van der Waals surface area contributed by atoms with Crippen molar-refractivity contribution in [2.45, 2.75) is 138 Å². The number of hydrogen-bond donors (Lipinski definition) is 2. The number of carbonyl (C=O) groups excluding carboxylic acids is 3. The number of rotatable bonds is 17. The molecule has 0 aromatic heterocycles. The predicted molar refractivity (Wildman–Crippen MR) is 164 cm³/mol. The molecule has 0 aliphatic heterocycles. The number of unbranched alkanes of at least 4 members (excludes halogenated alkanes) is 7. The van der Waals surface area contributed by atoms with Crippen LogP contribution in [-0.2, 0) is 14.3 Å². The summed E-state index contributed by atoms with van der Waals surface area (Å²) in [5.41, 5.74) is 2.10. The third-order valence-electron chi connectivity index (χ3n) is 7.10. The number of benzene rings is 1. The van der Waals surface area contributed by atoms with Crippen molar-refractivity contribution >= 4 is 17.9 Å². The van der Waals surface area contributed by atoms with E-state index in [1.165, 1.54) is 12.8 Å². The van der Waals surface area contributed by atoms with Crippen molar-refractivity contribution in [3.8, 4) is 0 Å². The fourth-order valence-corrected chi connectivity index (χ4v) is 4.93. The lowest BCUT2D eigenvalue weighted by Crippen LogP contribution is -2.55. The lowest BCUT2D eigenvalue weighted by atomic mass is 9.92. The van der Waals surface area contributed by atoms with Gasteiger partial charge in [0, 0.05) is 13.1 Å². The van der Waals surface area contributed by atoms with Gasteiger partial charge in [0.05, 0.1) is 0 Å². The second kappa shape index (κ2) is 18.0. The van der Waals surface area contributed by atoms with Crippen molar-refractivity contribution < 1.29 is 19.1 Å². The molecule has 40 heavy (non-hydrogen) atoms. The van der Waals surface area contributed by atoms with Gasteiger partial charge in [-0.25, -0.2) is 4.79 Å². The number of hydrogen-bond acceptors (Lipinski definition) is 4. The van der Waals surface area contributed by atoms with Crippen molar-refractivity contribution in [1.82, 2.24) is 15.5 Å². The zero-order chi connectivity index (χ0) is 30.3. The summed E-state index contributed by atoms with van der Waals surface area (Å²) in [5, 5.41) is 5.94. The van der Waals surface area contributed by atoms with Crippen LogP contribution in [0.4, 0.5) is 4.79 Å². The Morgan fingerprint density at radius 1 is 0.875 bits per heavy atom. The Morgan fingerprint density at radius 2 is 1.43 bits per heavy atom. The third-order valence-corrected chi connectivity index (χ3v) is 7.10. The highest BCUT2D eigenvalue weighted by Crippen LogP contribution is 2.30. The van der Waals surface area contributed by atoms with Gasteiger partial charge in [0.1, 0.15) is 17.7 Å². The molecule has 3 amide bonds. The maximum Gasteiger partial charge on any atom is 0.408 e. The van der Waals surface area contributed by atoms with E-state index < -0.39 is 23.8 Å². The topological polar surface area (TPSA) is 87.7 Å². The largest absolute Gasteiger partial charge is 0.444 e.